The van der Waals surface area contributed by atoms with Gasteiger partial charge in [-0.3, -0.25) is 0 Å². The van der Waals surface area contributed by atoms with Crippen LogP contribution in [0.5, 0.6) is 0 Å². The molecule has 0 aliphatic carbocycles. The molecule has 0 unspecified atom stereocenters. The molecule has 1 aromatic rings. The first-order valence-corrected chi connectivity index (χ1v) is 9.00. The summed E-state index contributed by atoms with van der Waals surface area (Å²) in [5, 5.41) is 3.32. The van der Waals surface area contributed by atoms with Crippen molar-refractivity contribution in [2.24, 2.45) is 11.8 Å². The highest BCUT2D eigenvalue weighted by molar-refractivity contribution is 9.11. The van der Waals surface area contributed by atoms with Crippen LogP contribution in [0.3, 0.4) is 0 Å². The minimum Gasteiger partial charge on any atom is -0.316 e. The number of sulfonamides is 1. The average molecular weight is 351 g/mol. The first kappa shape index (κ1) is 13.1. The summed E-state index contributed by atoms with van der Waals surface area (Å²) in [7, 11) is -3.30. The van der Waals surface area contributed by atoms with Crippen molar-refractivity contribution in [1.82, 2.24) is 9.62 Å². The zero-order chi connectivity index (χ0) is 12.9. The molecule has 2 aliphatic heterocycles. The summed E-state index contributed by atoms with van der Waals surface area (Å²) in [5.74, 6) is 0.976. The Morgan fingerprint density at radius 1 is 1.39 bits per heavy atom. The SMILES string of the molecule is Cc1sc(Br)cc1S(=O)(=O)N1C[C@H]2CNC[C@H]2C1. The van der Waals surface area contributed by atoms with Crippen molar-refractivity contribution >= 4 is 37.3 Å². The maximum Gasteiger partial charge on any atom is 0.244 e. The second-order valence-corrected chi connectivity index (χ2v) is 9.51. The number of hydrogen-bond donors (Lipinski definition) is 1. The second-order valence-electron chi connectivity index (χ2n) is 4.97. The van der Waals surface area contributed by atoms with Crippen LogP contribution in [0.25, 0.3) is 0 Å². The lowest BCUT2D eigenvalue weighted by molar-refractivity contribution is 0.448. The van der Waals surface area contributed by atoms with E-state index >= 15 is 0 Å². The third-order valence-electron chi connectivity index (χ3n) is 3.82. The van der Waals surface area contributed by atoms with Crippen LogP contribution >= 0.6 is 27.3 Å². The minimum atomic E-state index is -3.30. The molecule has 100 valence electrons. The van der Waals surface area contributed by atoms with Gasteiger partial charge in [0.1, 0.15) is 0 Å². The third-order valence-corrected chi connectivity index (χ3v) is 7.46. The summed E-state index contributed by atoms with van der Waals surface area (Å²) in [6, 6.07) is 1.72. The molecule has 4 nitrogen and oxygen atoms in total. The van der Waals surface area contributed by atoms with Gasteiger partial charge in [-0.15, -0.1) is 11.3 Å². The fourth-order valence-electron chi connectivity index (χ4n) is 2.83. The Morgan fingerprint density at radius 3 is 2.50 bits per heavy atom. The van der Waals surface area contributed by atoms with Gasteiger partial charge in [0.05, 0.1) is 8.68 Å². The highest BCUT2D eigenvalue weighted by Gasteiger charge is 2.42. The highest BCUT2D eigenvalue weighted by atomic mass is 79.9. The van der Waals surface area contributed by atoms with E-state index in [9.17, 15) is 8.42 Å². The van der Waals surface area contributed by atoms with Gasteiger partial charge in [0.15, 0.2) is 0 Å². The topological polar surface area (TPSA) is 49.4 Å². The van der Waals surface area contributed by atoms with Crippen LogP contribution in [-0.4, -0.2) is 38.9 Å². The largest absolute Gasteiger partial charge is 0.316 e. The number of nitrogens with one attached hydrogen (secondary N) is 1. The van der Waals surface area contributed by atoms with E-state index in [4.69, 9.17) is 0 Å². The molecule has 7 heteroatoms. The molecular formula is C11H15BrN2O2S2. The third kappa shape index (κ3) is 2.06. The van der Waals surface area contributed by atoms with Crippen molar-refractivity contribution < 1.29 is 8.42 Å². The molecule has 1 aromatic heterocycles. The van der Waals surface area contributed by atoms with Gasteiger partial charge in [-0.2, -0.15) is 4.31 Å². The standard InChI is InChI=1S/C11H15BrN2O2S2/c1-7-10(2-11(12)17-7)18(15,16)14-5-8-3-13-4-9(8)6-14/h2,8-9,13H,3-6H2,1H3/t8-,9+. The number of rotatable bonds is 2. The highest BCUT2D eigenvalue weighted by Crippen LogP contribution is 2.35. The van der Waals surface area contributed by atoms with Gasteiger partial charge in [0, 0.05) is 18.0 Å². The lowest BCUT2D eigenvalue weighted by Crippen LogP contribution is -2.32. The average Bonchev–Trinajstić information content (AvgIpc) is 2.90. The summed E-state index contributed by atoms with van der Waals surface area (Å²) in [5.41, 5.74) is 0. The van der Waals surface area contributed by atoms with Crippen LogP contribution < -0.4 is 5.32 Å². The van der Waals surface area contributed by atoms with Gasteiger partial charge in [-0.25, -0.2) is 8.42 Å². The Hall–Kier alpha value is 0.0500. The summed E-state index contributed by atoms with van der Waals surface area (Å²) < 4.78 is 27.7. The molecule has 1 N–H and O–H groups in total. The van der Waals surface area contributed by atoms with Gasteiger partial charge in [-0.05, 0) is 53.8 Å². The number of thiophene rings is 1. The maximum absolute atomic E-state index is 12.6. The Labute approximate surface area is 120 Å². The monoisotopic (exact) mass is 350 g/mol. The fourth-order valence-corrected chi connectivity index (χ4v) is 6.77. The zero-order valence-electron chi connectivity index (χ0n) is 10.0. The smallest absolute Gasteiger partial charge is 0.244 e. The molecule has 3 heterocycles. The summed E-state index contributed by atoms with van der Waals surface area (Å²) in [6.07, 6.45) is 0. The number of fused-ring (bicyclic) bond motifs is 1. The predicted octanol–water partition coefficient (Wildman–Crippen LogP) is 1.66. The van der Waals surface area contributed by atoms with Crippen molar-refractivity contribution in [2.45, 2.75) is 11.8 Å². The molecule has 0 amide bonds. The van der Waals surface area contributed by atoms with E-state index in [1.54, 1.807) is 10.4 Å². The molecule has 0 spiro atoms. The van der Waals surface area contributed by atoms with Crippen LogP contribution in [0.4, 0.5) is 0 Å². The minimum absolute atomic E-state index is 0.465. The number of halogens is 1. The Bertz CT molecular complexity index is 558. The van der Waals surface area contributed by atoms with E-state index in [2.05, 4.69) is 21.2 Å². The predicted molar refractivity (Wildman–Crippen MR) is 75.4 cm³/mol. The molecule has 0 aromatic carbocycles. The number of aryl methyl sites for hydroxylation is 1. The number of hydrogen-bond acceptors (Lipinski definition) is 4. The molecule has 0 radical (unpaired) electrons. The van der Waals surface area contributed by atoms with Gasteiger partial charge in [0.25, 0.3) is 0 Å². The van der Waals surface area contributed by atoms with E-state index in [-0.39, 0.29) is 0 Å². The Kier molecular flexibility index (Phi) is 3.30. The molecule has 2 fully saturated rings. The summed E-state index contributed by atoms with van der Waals surface area (Å²) in [6.45, 7) is 5.08. The molecule has 0 saturated carbocycles. The van der Waals surface area contributed by atoms with Crippen molar-refractivity contribution in [1.29, 1.82) is 0 Å². The van der Waals surface area contributed by atoms with E-state index in [0.717, 1.165) is 21.8 Å². The summed E-state index contributed by atoms with van der Waals surface area (Å²) in [4.78, 5) is 1.32. The van der Waals surface area contributed by atoms with Crippen LogP contribution in [0.15, 0.2) is 14.7 Å². The summed E-state index contributed by atoms with van der Waals surface area (Å²) >= 11 is 4.83. The Balaban J connectivity index is 1.90. The first-order valence-electron chi connectivity index (χ1n) is 5.95. The molecule has 3 rings (SSSR count). The fraction of sp³-hybridized carbons (Fsp3) is 0.636. The van der Waals surface area contributed by atoms with Gasteiger partial charge in [0.2, 0.25) is 10.0 Å². The van der Waals surface area contributed by atoms with E-state index in [1.165, 1.54) is 11.3 Å². The zero-order valence-corrected chi connectivity index (χ0v) is 13.2. The second kappa shape index (κ2) is 4.56. The Morgan fingerprint density at radius 2 is 2.00 bits per heavy atom. The lowest BCUT2D eigenvalue weighted by Gasteiger charge is -2.17. The normalized spacial score (nSPS) is 28.8. The van der Waals surface area contributed by atoms with Gasteiger partial charge in [-0.1, -0.05) is 0 Å². The van der Waals surface area contributed by atoms with Crippen LogP contribution in [0.2, 0.25) is 0 Å². The van der Waals surface area contributed by atoms with Crippen LogP contribution in [0, 0.1) is 18.8 Å². The lowest BCUT2D eigenvalue weighted by atomic mass is 10.0. The molecule has 2 saturated heterocycles. The van der Waals surface area contributed by atoms with Crippen molar-refractivity contribution in [2.75, 3.05) is 26.2 Å². The van der Waals surface area contributed by atoms with Crippen LogP contribution in [-0.2, 0) is 10.0 Å². The van der Waals surface area contributed by atoms with Gasteiger partial charge < -0.3 is 5.32 Å². The van der Waals surface area contributed by atoms with Crippen molar-refractivity contribution in [3.05, 3.63) is 14.7 Å². The molecule has 2 aliphatic rings. The van der Waals surface area contributed by atoms with E-state index in [0.29, 0.717) is 29.8 Å². The molecule has 0 bridgehead atoms. The maximum atomic E-state index is 12.6. The van der Waals surface area contributed by atoms with Crippen molar-refractivity contribution in [3.8, 4) is 0 Å². The first-order chi connectivity index (χ1) is 8.48. The van der Waals surface area contributed by atoms with E-state index < -0.39 is 10.0 Å². The van der Waals surface area contributed by atoms with E-state index in [1.807, 2.05) is 6.92 Å². The molecule has 2 atom stereocenters. The number of nitrogens with zero attached hydrogens (tertiary/aromatic N) is 1. The van der Waals surface area contributed by atoms with Gasteiger partial charge >= 0.3 is 0 Å². The molecule has 18 heavy (non-hydrogen) atoms. The van der Waals surface area contributed by atoms with Crippen LogP contribution in [0.1, 0.15) is 4.88 Å². The molecular weight excluding hydrogens is 336 g/mol. The quantitative estimate of drug-likeness (QED) is 0.882. The van der Waals surface area contributed by atoms with Crippen molar-refractivity contribution in [3.63, 3.8) is 0 Å².